The lowest BCUT2D eigenvalue weighted by atomic mass is 9.93. The molecule has 1 unspecified atom stereocenters. The van der Waals surface area contributed by atoms with Gasteiger partial charge in [-0.1, -0.05) is 19.3 Å². The van der Waals surface area contributed by atoms with Crippen molar-refractivity contribution in [3.05, 3.63) is 27.4 Å². The van der Waals surface area contributed by atoms with Gasteiger partial charge in [-0.3, -0.25) is 9.36 Å². The van der Waals surface area contributed by atoms with Crippen LogP contribution in [0.25, 0.3) is 0 Å². The SMILES string of the molecule is Cc1nc(=O)n(C2CCCCC2)c(C)c1C(C)C(=O)O. The quantitative estimate of drug-likeness (QED) is 0.922. The van der Waals surface area contributed by atoms with Crippen LogP contribution < -0.4 is 5.69 Å². The number of nitrogens with zero attached hydrogens (tertiary/aromatic N) is 2. The molecular formula is C15H22N2O3. The van der Waals surface area contributed by atoms with Gasteiger partial charge in [0.15, 0.2) is 0 Å². The average molecular weight is 278 g/mol. The molecule has 0 saturated heterocycles. The van der Waals surface area contributed by atoms with Gasteiger partial charge in [-0.25, -0.2) is 4.79 Å². The van der Waals surface area contributed by atoms with Crippen LogP contribution in [0.2, 0.25) is 0 Å². The van der Waals surface area contributed by atoms with E-state index in [1.807, 2.05) is 6.92 Å². The van der Waals surface area contributed by atoms with Crippen molar-refractivity contribution in [2.24, 2.45) is 0 Å². The summed E-state index contributed by atoms with van der Waals surface area (Å²) in [6, 6.07) is 0.170. The molecule has 2 rings (SSSR count). The smallest absolute Gasteiger partial charge is 0.348 e. The molecule has 0 amide bonds. The molecule has 0 bridgehead atoms. The molecule has 5 nitrogen and oxygen atoms in total. The summed E-state index contributed by atoms with van der Waals surface area (Å²) in [5, 5.41) is 9.24. The molecule has 0 radical (unpaired) electrons. The molecule has 1 aliphatic rings. The maximum absolute atomic E-state index is 12.2. The predicted octanol–water partition coefficient (Wildman–Crippen LogP) is 2.55. The molecule has 0 spiro atoms. The number of hydrogen-bond donors (Lipinski definition) is 1. The van der Waals surface area contributed by atoms with Crippen molar-refractivity contribution < 1.29 is 9.90 Å². The number of aromatic nitrogens is 2. The van der Waals surface area contributed by atoms with Gasteiger partial charge in [0.05, 0.1) is 5.92 Å². The molecule has 1 heterocycles. The van der Waals surface area contributed by atoms with Crippen LogP contribution in [0.1, 0.15) is 67.9 Å². The minimum Gasteiger partial charge on any atom is -0.481 e. The Morgan fingerprint density at radius 1 is 1.30 bits per heavy atom. The van der Waals surface area contributed by atoms with Crippen molar-refractivity contribution in [2.45, 2.75) is 64.8 Å². The summed E-state index contributed by atoms with van der Waals surface area (Å²) >= 11 is 0. The van der Waals surface area contributed by atoms with Gasteiger partial charge >= 0.3 is 11.7 Å². The summed E-state index contributed by atoms with van der Waals surface area (Å²) in [5.74, 6) is -1.52. The van der Waals surface area contributed by atoms with Crippen molar-refractivity contribution in [2.75, 3.05) is 0 Å². The van der Waals surface area contributed by atoms with E-state index in [4.69, 9.17) is 0 Å². The van der Waals surface area contributed by atoms with Crippen LogP contribution >= 0.6 is 0 Å². The maximum atomic E-state index is 12.2. The standard InChI is InChI=1S/C15H22N2O3/c1-9(14(18)19)13-10(2)16-15(20)17(11(13)3)12-7-5-4-6-8-12/h9,12H,4-8H2,1-3H3,(H,18,19). The summed E-state index contributed by atoms with van der Waals surface area (Å²) in [4.78, 5) is 27.5. The lowest BCUT2D eigenvalue weighted by Gasteiger charge is -2.27. The highest BCUT2D eigenvalue weighted by Gasteiger charge is 2.25. The number of rotatable bonds is 3. The van der Waals surface area contributed by atoms with Crippen molar-refractivity contribution >= 4 is 5.97 Å². The van der Waals surface area contributed by atoms with Crippen LogP contribution in [0, 0.1) is 13.8 Å². The summed E-state index contributed by atoms with van der Waals surface area (Å²) in [5.41, 5.74) is 1.75. The predicted molar refractivity (Wildman–Crippen MR) is 76.1 cm³/mol. The summed E-state index contributed by atoms with van der Waals surface area (Å²) < 4.78 is 1.72. The fourth-order valence-electron chi connectivity index (χ4n) is 3.31. The first-order chi connectivity index (χ1) is 9.43. The second kappa shape index (κ2) is 5.77. The Balaban J connectivity index is 2.54. The maximum Gasteiger partial charge on any atom is 0.348 e. The van der Waals surface area contributed by atoms with Crippen LogP contribution in [0.15, 0.2) is 4.79 Å². The third-order valence-corrected chi connectivity index (χ3v) is 4.35. The van der Waals surface area contributed by atoms with Gasteiger partial charge in [0.25, 0.3) is 0 Å². The highest BCUT2D eigenvalue weighted by atomic mass is 16.4. The van der Waals surface area contributed by atoms with E-state index in [0.29, 0.717) is 11.3 Å². The molecule has 0 aromatic carbocycles. The van der Waals surface area contributed by atoms with E-state index in [-0.39, 0.29) is 11.7 Å². The first-order valence-corrected chi connectivity index (χ1v) is 7.26. The van der Waals surface area contributed by atoms with Gasteiger partial charge in [-0.05, 0) is 33.6 Å². The van der Waals surface area contributed by atoms with Gasteiger partial charge in [-0.2, -0.15) is 4.98 Å². The number of hydrogen-bond acceptors (Lipinski definition) is 3. The minimum absolute atomic E-state index is 0.170. The van der Waals surface area contributed by atoms with E-state index in [1.165, 1.54) is 6.42 Å². The van der Waals surface area contributed by atoms with Gasteiger partial charge in [0, 0.05) is 23.0 Å². The van der Waals surface area contributed by atoms with E-state index < -0.39 is 11.9 Å². The normalized spacial score (nSPS) is 17.9. The molecule has 1 aromatic rings. The van der Waals surface area contributed by atoms with E-state index in [2.05, 4.69) is 4.98 Å². The second-order valence-electron chi connectivity index (χ2n) is 5.70. The zero-order valence-electron chi connectivity index (χ0n) is 12.3. The summed E-state index contributed by atoms with van der Waals surface area (Å²) in [7, 11) is 0. The van der Waals surface area contributed by atoms with Crippen LogP contribution in [-0.4, -0.2) is 20.6 Å². The molecule has 1 aromatic heterocycles. The van der Waals surface area contributed by atoms with Gasteiger partial charge in [0.2, 0.25) is 0 Å². The fraction of sp³-hybridized carbons (Fsp3) is 0.667. The Morgan fingerprint density at radius 3 is 2.45 bits per heavy atom. The zero-order valence-corrected chi connectivity index (χ0v) is 12.3. The molecule has 1 fully saturated rings. The first-order valence-electron chi connectivity index (χ1n) is 7.26. The number of carbonyl (C=O) groups is 1. The molecule has 20 heavy (non-hydrogen) atoms. The third kappa shape index (κ3) is 2.62. The summed E-state index contributed by atoms with van der Waals surface area (Å²) in [6.07, 6.45) is 5.41. The highest BCUT2D eigenvalue weighted by molar-refractivity contribution is 5.76. The molecule has 5 heteroatoms. The Morgan fingerprint density at radius 2 is 1.90 bits per heavy atom. The number of carboxylic acid groups (broad SMARTS) is 1. The molecule has 1 saturated carbocycles. The van der Waals surface area contributed by atoms with Gasteiger partial charge in [-0.15, -0.1) is 0 Å². The topological polar surface area (TPSA) is 72.2 Å². The molecule has 1 N–H and O–H groups in total. The van der Waals surface area contributed by atoms with Crippen molar-refractivity contribution in [3.8, 4) is 0 Å². The largest absolute Gasteiger partial charge is 0.481 e. The fourth-order valence-corrected chi connectivity index (χ4v) is 3.31. The van der Waals surface area contributed by atoms with E-state index in [1.54, 1.807) is 18.4 Å². The van der Waals surface area contributed by atoms with Crippen molar-refractivity contribution in [1.29, 1.82) is 0 Å². The molecule has 1 aliphatic carbocycles. The Bertz CT molecular complexity index is 571. The lowest BCUT2D eigenvalue weighted by molar-refractivity contribution is -0.138. The molecule has 0 aliphatic heterocycles. The monoisotopic (exact) mass is 278 g/mol. The number of carboxylic acids is 1. The average Bonchev–Trinajstić information content (AvgIpc) is 2.39. The van der Waals surface area contributed by atoms with Gasteiger partial charge in [0.1, 0.15) is 0 Å². The third-order valence-electron chi connectivity index (χ3n) is 4.35. The Hall–Kier alpha value is -1.65. The number of aliphatic carboxylic acids is 1. The molecule has 110 valence electrons. The van der Waals surface area contributed by atoms with Crippen LogP contribution in [0.4, 0.5) is 0 Å². The summed E-state index contributed by atoms with van der Waals surface area (Å²) in [6.45, 7) is 5.21. The minimum atomic E-state index is -0.883. The van der Waals surface area contributed by atoms with Crippen LogP contribution in [-0.2, 0) is 4.79 Å². The van der Waals surface area contributed by atoms with E-state index in [0.717, 1.165) is 31.4 Å². The molecular weight excluding hydrogens is 256 g/mol. The highest BCUT2D eigenvalue weighted by Crippen LogP contribution is 2.30. The second-order valence-corrected chi connectivity index (χ2v) is 5.70. The van der Waals surface area contributed by atoms with Crippen molar-refractivity contribution in [3.63, 3.8) is 0 Å². The first kappa shape index (κ1) is 14.8. The lowest BCUT2D eigenvalue weighted by Crippen LogP contribution is -2.33. The number of aryl methyl sites for hydroxylation is 1. The Labute approximate surface area is 118 Å². The van der Waals surface area contributed by atoms with E-state index >= 15 is 0 Å². The van der Waals surface area contributed by atoms with Crippen LogP contribution in [0.3, 0.4) is 0 Å². The van der Waals surface area contributed by atoms with Crippen molar-refractivity contribution in [1.82, 2.24) is 9.55 Å². The van der Waals surface area contributed by atoms with Gasteiger partial charge < -0.3 is 5.11 Å². The van der Waals surface area contributed by atoms with Crippen LogP contribution in [0.5, 0.6) is 0 Å². The Kier molecular flexibility index (Phi) is 4.26. The zero-order chi connectivity index (χ0) is 14.9. The molecule has 1 atom stereocenters. The van der Waals surface area contributed by atoms with E-state index in [9.17, 15) is 14.7 Å².